The van der Waals surface area contributed by atoms with Gasteiger partial charge in [0, 0.05) is 18.9 Å². The fraction of sp³-hybridized carbons (Fsp3) is 0.909. The summed E-state index contributed by atoms with van der Waals surface area (Å²) in [6.45, 7) is 7.83. The maximum Gasteiger partial charge on any atom is 0.133 e. The van der Waals surface area contributed by atoms with E-state index in [9.17, 15) is 4.79 Å². The highest BCUT2D eigenvalue weighted by molar-refractivity contribution is 5.81. The summed E-state index contributed by atoms with van der Waals surface area (Å²) in [6, 6.07) is 0.545. The highest BCUT2D eigenvalue weighted by Crippen LogP contribution is 2.41. The molecule has 0 bridgehead atoms. The van der Waals surface area contributed by atoms with Crippen LogP contribution in [0.25, 0.3) is 0 Å². The minimum absolute atomic E-state index is 0.296. The summed E-state index contributed by atoms with van der Waals surface area (Å²) in [6.07, 6.45) is 1.64. The van der Waals surface area contributed by atoms with Gasteiger partial charge in [-0.15, -0.1) is 0 Å². The smallest absolute Gasteiger partial charge is 0.133 e. The van der Waals surface area contributed by atoms with Gasteiger partial charge in [0.15, 0.2) is 0 Å². The first-order valence-corrected chi connectivity index (χ1v) is 5.23. The standard InChI is InChI=1S/C11H19NO/c1-11(2,3)10-9-5-8(13)4-7(9)6-12-10/h7,9-10,12H,4-6H2,1-3H3/t7-,9-,10?/m0/s1. The summed E-state index contributed by atoms with van der Waals surface area (Å²) in [5.74, 6) is 1.73. The topological polar surface area (TPSA) is 29.1 Å². The molecule has 0 aromatic heterocycles. The zero-order chi connectivity index (χ0) is 9.64. The summed E-state index contributed by atoms with van der Waals surface area (Å²) in [4.78, 5) is 11.3. The molecule has 13 heavy (non-hydrogen) atoms. The Morgan fingerprint density at radius 3 is 2.62 bits per heavy atom. The van der Waals surface area contributed by atoms with Crippen LogP contribution >= 0.6 is 0 Å². The van der Waals surface area contributed by atoms with E-state index in [0.29, 0.717) is 29.1 Å². The van der Waals surface area contributed by atoms with Crippen molar-refractivity contribution in [2.24, 2.45) is 17.3 Å². The first kappa shape index (κ1) is 9.20. The number of carbonyl (C=O) groups is 1. The molecular weight excluding hydrogens is 162 g/mol. The van der Waals surface area contributed by atoms with Gasteiger partial charge in [0.1, 0.15) is 5.78 Å². The Kier molecular flexibility index (Phi) is 1.99. The molecule has 1 N–H and O–H groups in total. The Morgan fingerprint density at radius 2 is 2.00 bits per heavy atom. The van der Waals surface area contributed by atoms with Crippen LogP contribution in [0.2, 0.25) is 0 Å². The van der Waals surface area contributed by atoms with Crippen molar-refractivity contribution >= 4 is 5.78 Å². The second-order valence-electron chi connectivity index (χ2n) is 5.62. The summed E-state index contributed by atoms with van der Waals surface area (Å²) >= 11 is 0. The molecule has 0 radical (unpaired) electrons. The molecule has 1 heterocycles. The van der Waals surface area contributed by atoms with Crippen LogP contribution in [0.5, 0.6) is 0 Å². The fourth-order valence-corrected chi connectivity index (χ4v) is 2.95. The van der Waals surface area contributed by atoms with Gasteiger partial charge in [-0.2, -0.15) is 0 Å². The molecule has 0 aromatic rings. The van der Waals surface area contributed by atoms with Gasteiger partial charge in [-0.3, -0.25) is 4.79 Å². The first-order valence-electron chi connectivity index (χ1n) is 5.23. The van der Waals surface area contributed by atoms with E-state index in [2.05, 4.69) is 26.1 Å². The molecule has 1 aliphatic carbocycles. The van der Waals surface area contributed by atoms with Crippen molar-refractivity contribution in [3.05, 3.63) is 0 Å². The Labute approximate surface area is 80.1 Å². The largest absolute Gasteiger partial charge is 0.313 e. The molecule has 2 aliphatic rings. The van der Waals surface area contributed by atoms with Crippen molar-refractivity contribution in [3.63, 3.8) is 0 Å². The van der Waals surface area contributed by atoms with E-state index < -0.39 is 0 Å². The quantitative estimate of drug-likeness (QED) is 0.615. The summed E-state index contributed by atoms with van der Waals surface area (Å²) in [7, 11) is 0. The fourth-order valence-electron chi connectivity index (χ4n) is 2.95. The Hall–Kier alpha value is -0.370. The summed E-state index contributed by atoms with van der Waals surface area (Å²) in [5, 5.41) is 3.57. The van der Waals surface area contributed by atoms with Crippen LogP contribution in [0, 0.1) is 17.3 Å². The highest BCUT2D eigenvalue weighted by Gasteiger charge is 2.46. The molecule has 1 saturated heterocycles. The number of fused-ring (bicyclic) bond motifs is 1. The molecule has 1 aliphatic heterocycles. The number of rotatable bonds is 0. The van der Waals surface area contributed by atoms with Crippen molar-refractivity contribution in [1.82, 2.24) is 5.32 Å². The van der Waals surface area contributed by atoms with Crippen LogP contribution in [-0.2, 0) is 4.79 Å². The molecule has 74 valence electrons. The van der Waals surface area contributed by atoms with Crippen molar-refractivity contribution in [2.45, 2.75) is 39.7 Å². The van der Waals surface area contributed by atoms with Crippen LogP contribution in [0.1, 0.15) is 33.6 Å². The average Bonchev–Trinajstić information content (AvgIpc) is 2.41. The van der Waals surface area contributed by atoms with E-state index >= 15 is 0 Å². The zero-order valence-electron chi connectivity index (χ0n) is 8.76. The zero-order valence-corrected chi connectivity index (χ0v) is 8.76. The lowest BCUT2D eigenvalue weighted by molar-refractivity contribution is -0.118. The SMILES string of the molecule is CC(C)(C)C1NC[C@@H]2CC(=O)C[C@H]12. The van der Waals surface area contributed by atoms with Gasteiger partial charge in [0.2, 0.25) is 0 Å². The maximum absolute atomic E-state index is 11.3. The van der Waals surface area contributed by atoms with Crippen LogP contribution < -0.4 is 5.32 Å². The van der Waals surface area contributed by atoms with Gasteiger partial charge in [0.05, 0.1) is 0 Å². The molecule has 0 spiro atoms. The van der Waals surface area contributed by atoms with E-state index in [1.165, 1.54) is 0 Å². The van der Waals surface area contributed by atoms with Crippen LogP contribution in [-0.4, -0.2) is 18.4 Å². The van der Waals surface area contributed by atoms with Crippen LogP contribution in [0.15, 0.2) is 0 Å². The monoisotopic (exact) mass is 181 g/mol. The minimum atomic E-state index is 0.296. The number of hydrogen-bond donors (Lipinski definition) is 1. The van der Waals surface area contributed by atoms with Gasteiger partial charge in [0.25, 0.3) is 0 Å². The lowest BCUT2D eigenvalue weighted by Gasteiger charge is -2.31. The third kappa shape index (κ3) is 1.52. The van der Waals surface area contributed by atoms with E-state index in [0.717, 1.165) is 19.4 Å². The Balaban J connectivity index is 2.13. The molecule has 2 heteroatoms. The maximum atomic E-state index is 11.3. The van der Waals surface area contributed by atoms with Gasteiger partial charge in [-0.25, -0.2) is 0 Å². The van der Waals surface area contributed by atoms with Crippen molar-refractivity contribution < 1.29 is 4.79 Å². The number of nitrogens with one attached hydrogen (secondary N) is 1. The second-order valence-corrected chi connectivity index (χ2v) is 5.62. The third-order valence-corrected chi connectivity index (χ3v) is 3.52. The molecule has 0 aromatic carbocycles. The van der Waals surface area contributed by atoms with Gasteiger partial charge in [-0.1, -0.05) is 20.8 Å². The second kappa shape index (κ2) is 2.81. The molecule has 0 amide bonds. The molecule has 2 nitrogen and oxygen atoms in total. The van der Waals surface area contributed by atoms with Crippen molar-refractivity contribution in [2.75, 3.05) is 6.54 Å². The Morgan fingerprint density at radius 1 is 1.31 bits per heavy atom. The van der Waals surface area contributed by atoms with Crippen molar-refractivity contribution in [1.29, 1.82) is 0 Å². The molecule has 1 unspecified atom stereocenters. The molecule has 1 saturated carbocycles. The van der Waals surface area contributed by atoms with Crippen molar-refractivity contribution in [3.8, 4) is 0 Å². The first-order chi connectivity index (χ1) is 5.98. The number of carbonyl (C=O) groups excluding carboxylic acids is 1. The predicted molar refractivity (Wildman–Crippen MR) is 52.5 cm³/mol. The van der Waals surface area contributed by atoms with Gasteiger partial charge < -0.3 is 5.32 Å². The normalized spacial score (nSPS) is 39.6. The lowest BCUT2D eigenvalue weighted by Crippen LogP contribution is -2.39. The minimum Gasteiger partial charge on any atom is -0.313 e. The summed E-state index contributed by atoms with van der Waals surface area (Å²) in [5.41, 5.74) is 0.296. The number of ketones is 1. The van der Waals surface area contributed by atoms with E-state index in [1.54, 1.807) is 0 Å². The molecule has 2 fully saturated rings. The molecule has 3 atom stereocenters. The third-order valence-electron chi connectivity index (χ3n) is 3.52. The van der Waals surface area contributed by atoms with Gasteiger partial charge >= 0.3 is 0 Å². The summed E-state index contributed by atoms with van der Waals surface area (Å²) < 4.78 is 0. The van der Waals surface area contributed by atoms with Crippen LogP contribution in [0.4, 0.5) is 0 Å². The molecule has 2 rings (SSSR count). The van der Waals surface area contributed by atoms with Gasteiger partial charge in [-0.05, 0) is 23.8 Å². The number of Topliss-reactive ketones (excluding diaryl/α,β-unsaturated/α-hetero) is 1. The molecular formula is C11H19NO. The highest BCUT2D eigenvalue weighted by atomic mass is 16.1. The predicted octanol–water partition coefficient (Wildman–Crippen LogP) is 1.60. The lowest BCUT2D eigenvalue weighted by atomic mass is 9.78. The van der Waals surface area contributed by atoms with E-state index in [1.807, 2.05) is 0 Å². The Bertz CT molecular complexity index is 229. The number of hydrogen-bond acceptors (Lipinski definition) is 2. The average molecular weight is 181 g/mol. The van der Waals surface area contributed by atoms with E-state index in [4.69, 9.17) is 0 Å². The van der Waals surface area contributed by atoms with E-state index in [-0.39, 0.29) is 0 Å². The van der Waals surface area contributed by atoms with Crippen LogP contribution in [0.3, 0.4) is 0 Å².